The summed E-state index contributed by atoms with van der Waals surface area (Å²) in [7, 11) is 1.23. The molecule has 1 fully saturated rings. The largest absolute Gasteiger partial charge is 0.469 e. The number of carbonyl (C=O) groups is 3. The molecule has 23 heavy (non-hydrogen) atoms. The maximum absolute atomic E-state index is 12.7. The van der Waals surface area contributed by atoms with Crippen LogP contribution in [0.15, 0.2) is 18.2 Å². The molecular formula is C16H16Cl2O5. The molecule has 1 aromatic carbocycles. The molecule has 0 spiro atoms. The van der Waals surface area contributed by atoms with Crippen molar-refractivity contribution in [2.24, 2.45) is 11.3 Å². The molecular weight excluding hydrogens is 343 g/mol. The number of ether oxygens (including phenoxy) is 2. The van der Waals surface area contributed by atoms with Crippen LogP contribution in [0, 0.1) is 11.3 Å². The van der Waals surface area contributed by atoms with E-state index in [1.165, 1.54) is 27.0 Å². The zero-order valence-electron chi connectivity index (χ0n) is 12.9. The Morgan fingerprint density at radius 3 is 2.52 bits per heavy atom. The molecule has 0 aliphatic carbocycles. The van der Waals surface area contributed by atoms with Crippen LogP contribution in [0.2, 0.25) is 10.0 Å². The zero-order chi connectivity index (χ0) is 17.4. The number of rotatable bonds is 3. The van der Waals surface area contributed by atoms with E-state index in [9.17, 15) is 14.4 Å². The number of esters is 2. The van der Waals surface area contributed by atoms with Crippen molar-refractivity contribution in [3.8, 4) is 0 Å². The van der Waals surface area contributed by atoms with Crippen LogP contribution in [0.25, 0.3) is 0 Å². The number of hydrogen-bond donors (Lipinski definition) is 0. The van der Waals surface area contributed by atoms with Crippen LogP contribution in [0.1, 0.15) is 31.9 Å². The van der Waals surface area contributed by atoms with E-state index in [0.717, 1.165) is 0 Å². The SMILES string of the molecule is COC(=O)C[C@H]1C(=O)C(C)(C)C(=O)O[C@H]1c1ccc(Cl)cc1Cl. The van der Waals surface area contributed by atoms with Gasteiger partial charge >= 0.3 is 11.9 Å². The van der Waals surface area contributed by atoms with E-state index in [1.54, 1.807) is 12.1 Å². The monoisotopic (exact) mass is 358 g/mol. The predicted molar refractivity (Wildman–Crippen MR) is 84.2 cm³/mol. The summed E-state index contributed by atoms with van der Waals surface area (Å²) in [5.74, 6) is -2.46. The lowest BCUT2D eigenvalue weighted by atomic mass is 9.74. The molecule has 1 aliphatic heterocycles. The first-order chi connectivity index (χ1) is 10.7. The summed E-state index contributed by atoms with van der Waals surface area (Å²) in [6, 6.07) is 4.65. The van der Waals surface area contributed by atoms with Gasteiger partial charge in [0.15, 0.2) is 5.78 Å². The summed E-state index contributed by atoms with van der Waals surface area (Å²) in [5, 5.41) is 0.676. The smallest absolute Gasteiger partial charge is 0.319 e. The van der Waals surface area contributed by atoms with Crippen LogP contribution >= 0.6 is 23.2 Å². The number of benzene rings is 1. The van der Waals surface area contributed by atoms with E-state index in [2.05, 4.69) is 4.74 Å². The Morgan fingerprint density at radius 1 is 1.30 bits per heavy atom. The Hall–Kier alpha value is -1.59. The van der Waals surface area contributed by atoms with E-state index in [1.807, 2.05) is 0 Å². The third-order valence-electron chi connectivity index (χ3n) is 3.95. The number of cyclic esters (lactones) is 1. The number of methoxy groups -OCH3 is 1. The Kier molecular flexibility index (Phi) is 5.01. The minimum atomic E-state index is -1.33. The van der Waals surface area contributed by atoms with Gasteiger partial charge in [0.1, 0.15) is 11.5 Å². The molecule has 0 amide bonds. The first kappa shape index (κ1) is 17.8. The van der Waals surface area contributed by atoms with Gasteiger partial charge in [-0.1, -0.05) is 29.3 Å². The summed E-state index contributed by atoms with van der Waals surface area (Å²) in [6.07, 6.45) is -1.15. The zero-order valence-corrected chi connectivity index (χ0v) is 14.4. The molecule has 0 unspecified atom stereocenters. The van der Waals surface area contributed by atoms with Gasteiger partial charge in [0.2, 0.25) is 0 Å². The van der Waals surface area contributed by atoms with Gasteiger partial charge in [0.25, 0.3) is 0 Å². The highest BCUT2D eigenvalue weighted by atomic mass is 35.5. The van der Waals surface area contributed by atoms with Crippen molar-refractivity contribution < 1.29 is 23.9 Å². The lowest BCUT2D eigenvalue weighted by Crippen LogP contribution is -2.48. The van der Waals surface area contributed by atoms with Gasteiger partial charge in [-0.15, -0.1) is 0 Å². The molecule has 2 atom stereocenters. The molecule has 0 aromatic heterocycles. The molecule has 124 valence electrons. The summed E-state index contributed by atoms with van der Waals surface area (Å²) in [6.45, 7) is 2.95. The van der Waals surface area contributed by atoms with Crippen molar-refractivity contribution in [3.05, 3.63) is 33.8 Å². The van der Waals surface area contributed by atoms with Gasteiger partial charge in [0.05, 0.1) is 19.4 Å². The second kappa shape index (κ2) is 6.49. The average molecular weight is 359 g/mol. The highest BCUT2D eigenvalue weighted by molar-refractivity contribution is 6.35. The molecule has 1 heterocycles. The first-order valence-electron chi connectivity index (χ1n) is 6.95. The minimum absolute atomic E-state index is 0.199. The Balaban J connectivity index is 2.47. The first-order valence-corrected chi connectivity index (χ1v) is 7.71. The maximum atomic E-state index is 12.7. The molecule has 7 heteroatoms. The highest BCUT2D eigenvalue weighted by Gasteiger charge is 2.52. The molecule has 0 radical (unpaired) electrons. The summed E-state index contributed by atoms with van der Waals surface area (Å²) in [4.78, 5) is 36.5. The fourth-order valence-electron chi connectivity index (χ4n) is 2.52. The van der Waals surface area contributed by atoms with Crippen molar-refractivity contribution in [2.75, 3.05) is 7.11 Å². The van der Waals surface area contributed by atoms with E-state index in [0.29, 0.717) is 10.6 Å². The Labute approximate surface area is 143 Å². The number of halogens is 2. The van der Waals surface area contributed by atoms with E-state index in [-0.39, 0.29) is 17.2 Å². The van der Waals surface area contributed by atoms with Gasteiger partial charge in [-0.25, -0.2) is 0 Å². The topological polar surface area (TPSA) is 69.7 Å². The molecule has 1 saturated heterocycles. The minimum Gasteiger partial charge on any atom is -0.469 e. The fraction of sp³-hybridized carbons (Fsp3) is 0.438. The van der Waals surface area contributed by atoms with Gasteiger partial charge in [0, 0.05) is 15.6 Å². The summed E-state index contributed by atoms with van der Waals surface area (Å²) < 4.78 is 10.1. The van der Waals surface area contributed by atoms with Crippen LogP contribution in [-0.4, -0.2) is 24.8 Å². The van der Waals surface area contributed by atoms with Crippen LogP contribution in [0.3, 0.4) is 0 Å². The third-order valence-corrected chi connectivity index (χ3v) is 4.51. The standard InChI is InChI=1S/C16H16Cl2O5/c1-16(2)14(20)10(7-12(19)22-3)13(23-15(16)21)9-5-4-8(17)6-11(9)18/h4-6,10,13H,7H2,1-3H3/t10-,13+/m1/s1. The van der Waals surface area contributed by atoms with Crippen molar-refractivity contribution in [1.82, 2.24) is 0 Å². The number of hydrogen-bond acceptors (Lipinski definition) is 5. The van der Waals surface area contributed by atoms with Crippen LogP contribution < -0.4 is 0 Å². The molecule has 1 aromatic rings. The second-order valence-corrected chi connectivity index (χ2v) is 6.71. The lowest BCUT2D eigenvalue weighted by molar-refractivity contribution is -0.181. The second-order valence-electron chi connectivity index (χ2n) is 5.87. The molecule has 0 saturated carbocycles. The van der Waals surface area contributed by atoms with E-state index < -0.39 is 29.4 Å². The normalized spacial score (nSPS) is 23.3. The van der Waals surface area contributed by atoms with Crippen molar-refractivity contribution in [1.29, 1.82) is 0 Å². The van der Waals surface area contributed by atoms with Gasteiger partial charge in [-0.2, -0.15) is 0 Å². The van der Waals surface area contributed by atoms with Gasteiger partial charge < -0.3 is 9.47 Å². The molecule has 1 aliphatic rings. The van der Waals surface area contributed by atoms with Gasteiger partial charge in [-0.3, -0.25) is 14.4 Å². The maximum Gasteiger partial charge on any atom is 0.319 e. The number of Topliss-reactive ketones (excluding diaryl/α,β-unsaturated/α-hetero) is 1. The molecule has 5 nitrogen and oxygen atoms in total. The lowest BCUT2D eigenvalue weighted by Gasteiger charge is -2.38. The molecule has 0 bridgehead atoms. The highest BCUT2D eigenvalue weighted by Crippen LogP contribution is 2.43. The van der Waals surface area contributed by atoms with Crippen molar-refractivity contribution in [3.63, 3.8) is 0 Å². The summed E-state index contributed by atoms with van der Waals surface area (Å²) >= 11 is 12.0. The Morgan fingerprint density at radius 2 is 1.96 bits per heavy atom. The van der Waals surface area contributed by atoms with Crippen molar-refractivity contribution in [2.45, 2.75) is 26.4 Å². The summed E-state index contributed by atoms with van der Waals surface area (Å²) in [5.41, 5.74) is -0.893. The predicted octanol–water partition coefficient (Wildman–Crippen LogP) is 3.37. The van der Waals surface area contributed by atoms with Crippen molar-refractivity contribution >= 4 is 40.9 Å². The average Bonchev–Trinajstić information content (AvgIpc) is 2.48. The third kappa shape index (κ3) is 3.35. The Bertz CT molecular complexity index is 668. The van der Waals surface area contributed by atoms with Crippen LogP contribution in [-0.2, 0) is 23.9 Å². The number of ketones is 1. The van der Waals surface area contributed by atoms with E-state index in [4.69, 9.17) is 27.9 Å². The molecule has 2 rings (SSSR count). The van der Waals surface area contributed by atoms with Crippen LogP contribution in [0.4, 0.5) is 0 Å². The van der Waals surface area contributed by atoms with E-state index >= 15 is 0 Å². The quantitative estimate of drug-likeness (QED) is 0.611. The van der Waals surface area contributed by atoms with Crippen LogP contribution in [0.5, 0.6) is 0 Å². The molecule has 0 N–H and O–H groups in total. The fourth-order valence-corrected chi connectivity index (χ4v) is 3.04. The number of carbonyl (C=O) groups excluding carboxylic acids is 3. The van der Waals surface area contributed by atoms with Gasteiger partial charge in [-0.05, 0) is 26.0 Å².